The van der Waals surface area contributed by atoms with Crippen LogP contribution in [0.15, 0.2) is 18.3 Å². The minimum absolute atomic E-state index is 0.123. The average molecular weight is 278 g/mol. The summed E-state index contributed by atoms with van der Waals surface area (Å²) >= 11 is 0. The van der Waals surface area contributed by atoms with Gasteiger partial charge in [0.1, 0.15) is 5.69 Å². The van der Waals surface area contributed by atoms with Crippen molar-refractivity contribution in [2.75, 3.05) is 58.4 Å². The van der Waals surface area contributed by atoms with Crippen LogP contribution in [-0.4, -0.2) is 69.3 Å². The fourth-order valence-corrected chi connectivity index (χ4v) is 2.05. The topological polar surface area (TPSA) is 57.7 Å². The molecule has 2 heterocycles. The van der Waals surface area contributed by atoms with Crippen molar-refractivity contribution < 1.29 is 9.53 Å². The second-order valence-electron chi connectivity index (χ2n) is 5.06. The molecule has 20 heavy (non-hydrogen) atoms. The molecule has 0 aromatic carbocycles. The summed E-state index contributed by atoms with van der Waals surface area (Å²) in [6.07, 6.45) is 1.69. The number of anilines is 1. The van der Waals surface area contributed by atoms with Crippen LogP contribution in [0.25, 0.3) is 0 Å². The van der Waals surface area contributed by atoms with E-state index in [0.717, 1.165) is 38.5 Å². The molecule has 1 aliphatic rings. The Morgan fingerprint density at radius 1 is 1.45 bits per heavy atom. The molecular formula is C14H22N4O2. The van der Waals surface area contributed by atoms with Crippen molar-refractivity contribution in [3.8, 4) is 0 Å². The fraction of sp³-hybridized carbons (Fsp3) is 0.571. The molecule has 1 aliphatic heterocycles. The molecule has 2 rings (SSSR count). The third kappa shape index (κ3) is 4.18. The van der Waals surface area contributed by atoms with Crippen LogP contribution in [0.5, 0.6) is 0 Å². The maximum absolute atomic E-state index is 12.0. The Hall–Kier alpha value is -1.66. The number of hydrogen-bond donors (Lipinski definition) is 1. The lowest BCUT2D eigenvalue weighted by atomic mass is 10.2. The van der Waals surface area contributed by atoms with E-state index in [1.54, 1.807) is 6.20 Å². The van der Waals surface area contributed by atoms with Gasteiger partial charge in [-0.1, -0.05) is 0 Å². The summed E-state index contributed by atoms with van der Waals surface area (Å²) in [5.74, 6) is -0.123. The van der Waals surface area contributed by atoms with E-state index in [4.69, 9.17) is 4.74 Å². The van der Waals surface area contributed by atoms with Crippen LogP contribution in [0.4, 0.5) is 5.69 Å². The minimum atomic E-state index is -0.123. The minimum Gasteiger partial charge on any atom is -0.378 e. The van der Waals surface area contributed by atoms with E-state index < -0.39 is 0 Å². The van der Waals surface area contributed by atoms with E-state index >= 15 is 0 Å². The maximum Gasteiger partial charge on any atom is 0.269 e. The van der Waals surface area contributed by atoms with Crippen molar-refractivity contribution in [2.45, 2.75) is 0 Å². The summed E-state index contributed by atoms with van der Waals surface area (Å²) in [7, 11) is 3.95. The van der Waals surface area contributed by atoms with Crippen LogP contribution in [0.2, 0.25) is 0 Å². The number of nitrogens with one attached hydrogen (secondary N) is 1. The number of hydrogen-bond acceptors (Lipinski definition) is 5. The molecule has 1 amide bonds. The predicted octanol–water partition coefficient (Wildman–Crippen LogP) is 0.210. The molecule has 110 valence electrons. The Labute approximate surface area is 119 Å². The van der Waals surface area contributed by atoms with Gasteiger partial charge < -0.3 is 19.9 Å². The van der Waals surface area contributed by atoms with Crippen molar-refractivity contribution in [3.63, 3.8) is 0 Å². The first-order valence-corrected chi connectivity index (χ1v) is 6.88. The first-order valence-electron chi connectivity index (χ1n) is 6.88. The Bertz CT molecular complexity index is 445. The lowest BCUT2D eigenvalue weighted by molar-refractivity contribution is 0.0946. The van der Waals surface area contributed by atoms with Gasteiger partial charge >= 0.3 is 0 Å². The highest BCUT2D eigenvalue weighted by Crippen LogP contribution is 2.15. The van der Waals surface area contributed by atoms with Crippen LogP contribution in [-0.2, 0) is 4.74 Å². The molecule has 0 atom stereocenters. The normalized spacial score (nSPS) is 15.4. The summed E-state index contributed by atoms with van der Waals surface area (Å²) in [6, 6.07) is 3.78. The number of amides is 1. The van der Waals surface area contributed by atoms with Crippen molar-refractivity contribution >= 4 is 11.6 Å². The molecule has 1 fully saturated rings. The Morgan fingerprint density at radius 3 is 2.90 bits per heavy atom. The largest absolute Gasteiger partial charge is 0.378 e. The van der Waals surface area contributed by atoms with E-state index in [1.165, 1.54) is 0 Å². The van der Waals surface area contributed by atoms with Gasteiger partial charge in [-0.3, -0.25) is 9.78 Å². The van der Waals surface area contributed by atoms with Crippen LogP contribution in [0.1, 0.15) is 10.5 Å². The number of ether oxygens (including phenoxy) is 1. The van der Waals surface area contributed by atoms with Gasteiger partial charge in [-0.15, -0.1) is 0 Å². The van der Waals surface area contributed by atoms with E-state index in [9.17, 15) is 4.79 Å². The second kappa shape index (κ2) is 7.21. The van der Waals surface area contributed by atoms with Crippen LogP contribution < -0.4 is 10.2 Å². The van der Waals surface area contributed by atoms with Gasteiger partial charge in [-0.25, -0.2) is 0 Å². The molecular weight excluding hydrogens is 256 g/mol. The van der Waals surface area contributed by atoms with Crippen molar-refractivity contribution in [3.05, 3.63) is 24.0 Å². The number of pyridine rings is 1. The van der Waals surface area contributed by atoms with Crippen LogP contribution >= 0.6 is 0 Å². The summed E-state index contributed by atoms with van der Waals surface area (Å²) in [6.45, 7) is 4.60. The van der Waals surface area contributed by atoms with Gasteiger partial charge in [-0.05, 0) is 26.2 Å². The molecule has 1 aromatic heterocycles. The lowest BCUT2D eigenvalue weighted by Gasteiger charge is -2.28. The number of rotatable bonds is 5. The quantitative estimate of drug-likeness (QED) is 0.834. The summed E-state index contributed by atoms with van der Waals surface area (Å²) < 4.78 is 5.33. The Balaban J connectivity index is 1.96. The molecule has 1 N–H and O–H groups in total. The summed E-state index contributed by atoms with van der Waals surface area (Å²) in [4.78, 5) is 20.4. The molecule has 0 saturated carbocycles. The number of nitrogens with zero attached hydrogens (tertiary/aromatic N) is 3. The maximum atomic E-state index is 12.0. The SMILES string of the molecule is CN(C)CCNC(=O)c1cc(N2CCOCC2)ccn1. The predicted molar refractivity (Wildman–Crippen MR) is 78.2 cm³/mol. The third-order valence-corrected chi connectivity index (χ3v) is 3.20. The lowest BCUT2D eigenvalue weighted by Crippen LogP contribution is -2.36. The zero-order chi connectivity index (χ0) is 14.4. The first kappa shape index (κ1) is 14.7. The number of likely N-dealkylation sites (N-methyl/N-ethyl adjacent to an activating group) is 1. The Morgan fingerprint density at radius 2 is 2.20 bits per heavy atom. The summed E-state index contributed by atoms with van der Waals surface area (Å²) in [5.41, 5.74) is 1.49. The van der Waals surface area contributed by atoms with E-state index in [1.807, 2.05) is 31.1 Å². The molecule has 0 spiro atoms. The molecule has 1 saturated heterocycles. The molecule has 0 aliphatic carbocycles. The highest BCUT2D eigenvalue weighted by atomic mass is 16.5. The van der Waals surface area contributed by atoms with Crippen molar-refractivity contribution in [1.29, 1.82) is 0 Å². The van der Waals surface area contributed by atoms with E-state index in [0.29, 0.717) is 12.2 Å². The number of carbonyl (C=O) groups is 1. The van der Waals surface area contributed by atoms with Gasteiger partial charge in [0.05, 0.1) is 13.2 Å². The zero-order valence-corrected chi connectivity index (χ0v) is 12.1. The highest BCUT2D eigenvalue weighted by molar-refractivity contribution is 5.93. The van der Waals surface area contributed by atoms with Crippen LogP contribution in [0, 0.1) is 0 Å². The molecule has 0 unspecified atom stereocenters. The van der Waals surface area contributed by atoms with Crippen LogP contribution in [0.3, 0.4) is 0 Å². The fourth-order valence-electron chi connectivity index (χ4n) is 2.05. The van der Waals surface area contributed by atoms with E-state index in [2.05, 4.69) is 15.2 Å². The summed E-state index contributed by atoms with van der Waals surface area (Å²) in [5, 5.41) is 2.87. The smallest absolute Gasteiger partial charge is 0.269 e. The number of morpholine rings is 1. The van der Waals surface area contributed by atoms with Gasteiger partial charge in [-0.2, -0.15) is 0 Å². The molecule has 6 nitrogen and oxygen atoms in total. The van der Waals surface area contributed by atoms with Gasteiger partial charge in [0.25, 0.3) is 5.91 Å². The average Bonchev–Trinajstić information content (AvgIpc) is 2.48. The molecule has 1 aromatic rings. The Kier molecular flexibility index (Phi) is 5.31. The van der Waals surface area contributed by atoms with E-state index in [-0.39, 0.29) is 5.91 Å². The zero-order valence-electron chi connectivity index (χ0n) is 12.1. The number of carbonyl (C=O) groups excluding carboxylic acids is 1. The van der Waals surface area contributed by atoms with Gasteiger partial charge in [0.2, 0.25) is 0 Å². The van der Waals surface area contributed by atoms with Gasteiger partial charge in [0.15, 0.2) is 0 Å². The molecule has 6 heteroatoms. The third-order valence-electron chi connectivity index (χ3n) is 3.20. The van der Waals surface area contributed by atoms with Gasteiger partial charge in [0, 0.05) is 38.1 Å². The number of aromatic nitrogens is 1. The monoisotopic (exact) mass is 278 g/mol. The highest BCUT2D eigenvalue weighted by Gasteiger charge is 2.14. The standard InChI is InChI=1S/C14H22N4O2/c1-17(2)6-5-16-14(19)13-11-12(3-4-15-13)18-7-9-20-10-8-18/h3-4,11H,5-10H2,1-2H3,(H,16,19). The van der Waals surface area contributed by atoms with Crippen molar-refractivity contribution in [2.24, 2.45) is 0 Å². The molecule has 0 radical (unpaired) electrons. The van der Waals surface area contributed by atoms with Crippen molar-refractivity contribution in [1.82, 2.24) is 15.2 Å². The first-order chi connectivity index (χ1) is 9.66. The second-order valence-corrected chi connectivity index (χ2v) is 5.06. The molecule has 0 bridgehead atoms.